The molecule has 0 atom stereocenters. The maximum Gasteiger partial charge on any atom is 0.257 e. The molecule has 0 fully saturated rings. The largest absolute Gasteiger partial charge is 0.372 e. The van der Waals surface area contributed by atoms with Gasteiger partial charge in [-0.15, -0.1) is 0 Å². The zero-order chi connectivity index (χ0) is 21.4. The minimum absolute atomic E-state index is 0.242. The van der Waals surface area contributed by atoms with Crippen LogP contribution in [0.15, 0.2) is 36.7 Å². The van der Waals surface area contributed by atoms with Gasteiger partial charge in [0.2, 0.25) is 0 Å². The molecule has 2 rings (SSSR count). The van der Waals surface area contributed by atoms with Gasteiger partial charge in [-0.1, -0.05) is 0 Å². The Morgan fingerprint density at radius 3 is 2.24 bits per heavy atom. The summed E-state index contributed by atoms with van der Waals surface area (Å²) < 4.78 is 0. The van der Waals surface area contributed by atoms with Crippen LogP contribution in [0.25, 0.3) is 0 Å². The first kappa shape index (κ1) is 22.4. The van der Waals surface area contributed by atoms with Crippen LogP contribution in [-0.4, -0.2) is 62.0 Å². The van der Waals surface area contributed by atoms with Gasteiger partial charge in [-0.3, -0.25) is 14.6 Å². The van der Waals surface area contributed by atoms with Crippen LogP contribution in [0.5, 0.6) is 0 Å². The van der Waals surface area contributed by atoms with E-state index in [1.54, 1.807) is 6.07 Å². The van der Waals surface area contributed by atoms with Crippen molar-refractivity contribution in [3.05, 3.63) is 53.3 Å². The molecular weight excluding hydrogens is 366 g/mol. The Morgan fingerprint density at radius 2 is 1.66 bits per heavy atom. The van der Waals surface area contributed by atoms with Gasteiger partial charge in [0.15, 0.2) is 0 Å². The van der Waals surface area contributed by atoms with Crippen LogP contribution in [0.4, 0.5) is 11.4 Å². The normalized spacial score (nSPS) is 10.7. The third kappa shape index (κ3) is 6.29. The van der Waals surface area contributed by atoms with Crippen molar-refractivity contribution in [3.63, 3.8) is 0 Å². The highest BCUT2D eigenvalue weighted by Gasteiger charge is 2.13. The van der Waals surface area contributed by atoms with Gasteiger partial charge in [0.1, 0.15) is 0 Å². The molecular formula is C22H31N5O2. The lowest BCUT2D eigenvalue weighted by Gasteiger charge is -2.22. The predicted octanol–water partition coefficient (Wildman–Crippen LogP) is 2.78. The number of nitrogens with zero attached hydrogens (tertiary/aromatic N) is 3. The number of pyridine rings is 1. The van der Waals surface area contributed by atoms with Gasteiger partial charge in [0.25, 0.3) is 11.8 Å². The van der Waals surface area contributed by atoms with Gasteiger partial charge in [0.05, 0.1) is 11.1 Å². The number of carbonyl (C=O) groups excluding carboxylic acids is 2. The SMILES string of the molecule is CCN(CC)c1ccc(NC(=O)c2cncc(C(=O)NCCN(C)C)c2)c(C)c1. The van der Waals surface area contributed by atoms with E-state index >= 15 is 0 Å². The number of anilines is 2. The molecule has 0 aliphatic heterocycles. The van der Waals surface area contributed by atoms with Gasteiger partial charge < -0.3 is 20.4 Å². The molecule has 0 radical (unpaired) electrons. The number of amides is 2. The first-order chi connectivity index (χ1) is 13.8. The maximum absolute atomic E-state index is 12.7. The fraction of sp³-hybridized carbons (Fsp3) is 0.409. The van der Waals surface area contributed by atoms with Crippen molar-refractivity contribution in [2.24, 2.45) is 0 Å². The van der Waals surface area contributed by atoms with Crippen LogP contribution >= 0.6 is 0 Å². The molecule has 2 N–H and O–H groups in total. The van der Waals surface area contributed by atoms with E-state index in [4.69, 9.17) is 0 Å². The van der Waals surface area contributed by atoms with Gasteiger partial charge >= 0.3 is 0 Å². The van der Waals surface area contributed by atoms with Crippen molar-refractivity contribution >= 4 is 23.2 Å². The molecule has 0 unspecified atom stereocenters. The van der Waals surface area contributed by atoms with Crippen molar-refractivity contribution in [2.75, 3.05) is 50.5 Å². The number of hydrogen-bond acceptors (Lipinski definition) is 5. The standard InChI is InChI=1S/C22H31N5O2/c1-6-27(7-2)19-8-9-20(16(3)12-19)25-22(29)18-13-17(14-23-15-18)21(28)24-10-11-26(4)5/h8-9,12-15H,6-7,10-11H2,1-5H3,(H,24,28)(H,25,29). The van der Waals surface area contributed by atoms with E-state index in [-0.39, 0.29) is 11.8 Å². The second-order valence-electron chi connectivity index (χ2n) is 7.15. The molecule has 0 aliphatic carbocycles. The molecule has 29 heavy (non-hydrogen) atoms. The van der Waals surface area contributed by atoms with Gasteiger partial charge in [-0.25, -0.2) is 0 Å². The Balaban J connectivity index is 2.08. The molecule has 2 aromatic rings. The summed E-state index contributed by atoms with van der Waals surface area (Å²) >= 11 is 0. The molecule has 0 saturated carbocycles. The van der Waals surface area contributed by atoms with E-state index in [1.165, 1.54) is 12.4 Å². The lowest BCUT2D eigenvalue weighted by atomic mass is 10.1. The molecule has 0 bridgehead atoms. The van der Waals surface area contributed by atoms with E-state index in [9.17, 15) is 9.59 Å². The highest BCUT2D eigenvalue weighted by Crippen LogP contribution is 2.23. The van der Waals surface area contributed by atoms with Crippen molar-refractivity contribution in [3.8, 4) is 0 Å². The molecule has 1 aromatic carbocycles. The summed E-state index contributed by atoms with van der Waals surface area (Å²) in [5.41, 5.74) is 3.56. The molecule has 1 aromatic heterocycles. The fourth-order valence-corrected chi connectivity index (χ4v) is 2.95. The van der Waals surface area contributed by atoms with Crippen LogP contribution in [0.3, 0.4) is 0 Å². The lowest BCUT2D eigenvalue weighted by Crippen LogP contribution is -2.31. The highest BCUT2D eigenvalue weighted by molar-refractivity contribution is 6.06. The number of hydrogen-bond donors (Lipinski definition) is 2. The third-order valence-electron chi connectivity index (χ3n) is 4.69. The van der Waals surface area contributed by atoms with Crippen molar-refractivity contribution in [1.82, 2.24) is 15.2 Å². The second-order valence-corrected chi connectivity index (χ2v) is 7.15. The molecule has 0 saturated heterocycles. The van der Waals surface area contributed by atoms with E-state index in [2.05, 4.69) is 40.4 Å². The Kier molecular flexibility index (Phi) is 8.15. The highest BCUT2D eigenvalue weighted by atomic mass is 16.2. The number of benzene rings is 1. The Morgan fingerprint density at radius 1 is 1.00 bits per heavy atom. The lowest BCUT2D eigenvalue weighted by molar-refractivity contribution is 0.0950. The van der Waals surface area contributed by atoms with Crippen LogP contribution in [0, 0.1) is 6.92 Å². The summed E-state index contributed by atoms with van der Waals surface area (Å²) in [7, 11) is 3.88. The third-order valence-corrected chi connectivity index (χ3v) is 4.69. The molecule has 156 valence electrons. The summed E-state index contributed by atoms with van der Waals surface area (Å²) in [4.78, 5) is 33.2. The smallest absolute Gasteiger partial charge is 0.257 e. The Hall–Kier alpha value is -2.93. The van der Waals surface area contributed by atoms with Crippen LogP contribution in [0.1, 0.15) is 40.1 Å². The van der Waals surface area contributed by atoms with Gasteiger partial charge in [0, 0.05) is 49.9 Å². The van der Waals surface area contributed by atoms with Gasteiger partial charge in [-0.2, -0.15) is 0 Å². The minimum Gasteiger partial charge on any atom is -0.372 e. The van der Waals surface area contributed by atoms with E-state index in [0.717, 1.165) is 36.6 Å². The molecule has 2 amide bonds. The number of rotatable bonds is 9. The van der Waals surface area contributed by atoms with E-state index < -0.39 is 0 Å². The topological polar surface area (TPSA) is 77.6 Å². The average Bonchev–Trinajstić information content (AvgIpc) is 2.70. The van der Waals surface area contributed by atoms with Crippen molar-refractivity contribution in [1.29, 1.82) is 0 Å². The number of nitrogens with one attached hydrogen (secondary N) is 2. The predicted molar refractivity (Wildman–Crippen MR) is 118 cm³/mol. The van der Waals surface area contributed by atoms with E-state index in [1.807, 2.05) is 38.1 Å². The summed E-state index contributed by atoms with van der Waals surface area (Å²) in [5, 5.41) is 5.74. The molecule has 0 aliphatic rings. The number of carbonyl (C=O) groups is 2. The zero-order valence-electron chi connectivity index (χ0n) is 18.0. The van der Waals surface area contributed by atoms with Crippen LogP contribution in [-0.2, 0) is 0 Å². The number of aryl methyl sites for hydroxylation is 1. The van der Waals surface area contributed by atoms with E-state index in [0.29, 0.717) is 17.7 Å². The molecule has 1 heterocycles. The zero-order valence-corrected chi connectivity index (χ0v) is 18.0. The first-order valence-corrected chi connectivity index (χ1v) is 9.90. The van der Waals surface area contributed by atoms with Crippen LogP contribution < -0.4 is 15.5 Å². The summed E-state index contributed by atoms with van der Waals surface area (Å²) in [5.74, 6) is -0.534. The first-order valence-electron chi connectivity index (χ1n) is 9.90. The van der Waals surface area contributed by atoms with Crippen molar-refractivity contribution in [2.45, 2.75) is 20.8 Å². The fourth-order valence-electron chi connectivity index (χ4n) is 2.95. The second kappa shape index (κ2) is 10.6. The summed E-state index contributed by atoms with van der Waals surface area (Å²) in [6, 6.07) is 7.54. The van der Waals surface area contributed by atoms with Crippen molar-refractivity contribution < 1.29 is 9.59 Å². The monoisotopic (exact) mass is 397 g/mol. The molecule has 7 heteroatoms. The number of aromatic nitrogens is 1. The molecule has 0 spiro atoms. The summed E-state index contributed by atoms with van der Waals surface area (Å²) in [6.07, 6.45) is 2.93. The average molecular weight is 398 g/mol. The van der Waals surface area contributed by atoms with Crippen LogP contribution in [0.2, 0.25) is 0 Å². The maximum atomic E-state index is 12.7. The molecule has 7 nitrogen and oxygen atoms in total. The summed E-state index contributed by atoms with van der Waals surface area (Å²) in [6.45, 7) is 9.32. The Bertz CT molecular complexity index is 847. The Labute approximate surface area is 173 Å². The minimum atomic E-state index is -0.292. The van der Waals surface area contributed by atoms with Gasteiger partial charge in [-0.05, 0) is 64.7 Å². The quantitative estimate of drug-likeness (QED) is 0.680. The number of likely N-dealkylation sites (N-methyl/N-ethyl adjacent to an activating group) is 1.